The third-order valence-corrected chi connectivity index (χ3v) is 1.60. The molecule has 1 aromatic heterocycles. The number of aliphatic imine (C=N–C) groups is 1. The van der Waals surface area contributed by atoms with E-state index >= 15 is 0 Å². The van der Waals surface area contributed by atoms with Crippen molar-refractivity contribution in [2.24, 2.45) is 10.8 Å². The fourth-order valence-corrected chi connectivity index (χ4v) is 1.06. The van der Waals surface area contributed by atoms with Crippen molar-refractivity contribution in [2.75, 3.05) is 6.54 Å². The summed E-state index contributed by atoms with van der Waals surface area (Å²) in [7, 11) is 0. The molecule has 4 heteroatoms. The Hall–Kier alpha value is -1.42. The molecular formula is C9H14N4. The van der Waals surface area contributed by atoms with Crippen molar-refractivity contribution in [3.05, 3.63) is 29.6 Å². The summed E-state index contributed by atoms with van der Waals surface area (Å²) in [5.74, 6) is 6.01. The zero-order chi connectivity index (χ0) is 9.68. The van der Waals surface area contributed by atoms with E-state index in [1.54, 1.807) is 12.4 Å². The lowest BCUT2D eigenvalue weighted by Crippen LogP contribution is -2.31. The maximum Gasteiger partial charge on any atom is 0.144 e. The Bertz CT molecular complexity index is 306. The van der Waals surface area contributed by atoms with Crippen molar-refractivity contribution in [3.63, 3.8) is 0 Å². The van der Waals surface area contributed by atoms with Gasteiger partial charge in [0, 0.05) is 24.5 Å². The van der Waals surface area contributed by atoms with Crippen LogP contribution in [0.15, 0.2) is 23.5 Å². The van der Waals surface area contributed by atoms with Gasteiger partial charge in [0.1, 0.15) is 5.84 Å². The number of nitrogens with zero attached hydrogens (tertiary/aromatic N) is 2. The minimum atomic E-state index is 0.679. The summed E-state index contributed by atoms with van der Waals surface area (Å²) >= 11 is 0. The van der Waals surface area contributed by atoms with Gasteiger partial charge in [0.2, 0.25) is 0 Å². The molecule has 4 nitrogen and oxygen atoms in total. The number of pyridine rings is 1. The Morgan fingerprint density at radius 2 is 2.38 bits per heavy atom. The van der Waals surface area contributed by atoms with E-state index in [2.05, 4.69) is 15.4 Å². The van der Waals surface area contributed by atoms with Crippen molar-refractivity contribution in [1.82, 2.24) is 10.4 Å². The highest BCUT2D eigenvalue weighted by atomic mass is 15.2. The first-order valence-electron chi connectivity index (χ1n) is 4.21. The lowest BCUT2D eigenvalue weighted by Gasteiger charge is -2.04. The number of nitrogens with two attached hydrogens (primary N) is 1. The van der Waals surface area contributed by atoms with Gasteiger partial charge in [-0.1, -0.05) is 0 Å². The first kappa shape index (κ1) is 9.67. The summed E-state index contributed by atoms with van der Waals surface area (Å²) in [6.45, 7) is 4.64. The lowest BCUT2D eigenvalue weighted by atomic mass is 10.2. The van der Waals surface area contributed by atoms with Crippen LogP contribution in [0.25, 0.3) is 0 Å². The SMILES string of the molecule is CCN=C(NN)c1cncc(C)c1. The second-order valence-corrected chi connectivity index (χ2v) is 2.72. The van der Waals surface area contributed by atoms with Crippen LogP contribution in [0.1, 0.15) is 18.1 Å². The average Bonchev–Trinajstić information content (AvgIpc) is 2.14. The van der Waals surface area contributed by atoms with Crippen LogP contribution >= 0.6 is 0 Å². The Kier molecular flexibility index (Phi) is 3.40. The summed E-state index contributed by atoms with van der Waals surface area (Å²) in [6, 6.07) is 1.99. The van der Waals surface area contributed by atoms with E-state index in [4.69, 9.17) is 5.84 Å². The van der Waals surface area contributed by atoms with Crippen molar-refractivity contribution < 1.29 is 0 Å². The van der Waals surface area contributed by atoms with E-state index in [-0.39, 0.29) is 0 Å². The van der Waals surface area contributed by atoms with Crippen LogP contribution in [0.2, 0.25) is 0 Å². The smallest absolute Gasteiger partial charge is 0.144 e. The first-order valence-corrected chi connectivity index (χ1v) is 4.21. The summed E-state index contributed by atoms with van der Waals surface area (Å²) in [5.41, 5.74) is 4.57. The van der Waals surface area contributed by atoms with E-state index in [9.17, 15) is 0 Å². The van der Waals surface area contributed by atoms with Gasteiger partial charge in [-0.3, -0.25) is 9.98 Å². The molecule has 0 unspecified atom stereocenters. The second kappa shape index (κ2) is 4.57. The molecule has 0 aliphatic heterocycles. The number of aromatic nitrogens is 1. The molecule has 0 saturated heterocycles. The molecule has 0 amide bonds. The summed E-state index contributed by atoms with van der Waals surface area (Å²) in [5, 5.41) is 0. The number of amidine groups is 1. The van der Waals surface area contributed by atoms with Gasteiger partial charge in [-0.25, -0.2) is 5.84 Å². The second-order valence-electron chi connectivity index (χ2n) is 2.72. The fourth-order valence-electron chi connectivity index (χ4n) is 1.06. The molecule has 0 spiro atoms. The van der Waals surface area contributed by atoms with Crippen molar-refractivity contribution in [3.8, 4) is 0 Å². The molecule has 0 saturated carbocycles. The highest BCUT2D eigenvalue weighted by Crippen LogP contribution is 2.01. The van der Waals surface area contributed by atoms with Gasteiger partial charge in [0.05, 0.1) is 0 Å². The Labute approximate surface area is 77.9 Å². The Balaban J connectivity index is 2.98. The van der Waals surface area contributed by atoms with Gasteiger partial charge < -0.3 is 5.43 Å². The van der Waals surface area contributed by atoms with Gasteiger partial charge in [-0.05, 0) is 25.5 Å². The van der Waals surface area contributed by atoms with Crippen LogP contribution in [0.5, 0.6) is 0 Å². The normalized spacial score (nSPS) is 11.5. The molecule has 0 fully saturated rings. The molecule has 0 radical (unpaired) electrons. The average molecular weight is 178 g/mol. The molecule has 1 rings (SSSR count). The van der Waals surface area contributed by atoms with Crippen LogP contribution in [0.4, 0.5) is 0 Å². The minimum Gasteiger partial charge on any atom is -0.308 e. The van der Waals surface area contributed by atoms with Gasteiger partial charge in [-0.2, -0.15) is 0 Å². The molecule has 3 N–H and O–H groups in total. The number of rotatable bonds is 2. The number of hydrazine groups is 1. The lowest BCUT2D eigenvalue weighted by molar-refractivity contribution is 0.988. The molecule has 0 aliphatic carbocycles. The standard InChI is InChI=1S/C9H14N4/c1-3-12-9(13-10)8-4-7(2)5-11-6-8/h4-6H,3,10H2,1-2H3,(H,12,13). The molecular weight excluding hydrogens is 164 g/mol. The van der Waals surface area contributed by atoms with E-state index < -0.39 is 0 Å². The van der Waals surface area contributed by atoms with Gasteiger partial charge in [0.15, 0.2) is 0 Å². The third kappa shape index (κ3) is 2.52. The van der Waals surface area contributed by atoms with Crippen LogP contribution in [0.3, 0.4) is 0 Å². The number of nitrogens with one attached hydrogen (secondary N) is 1. The number of hydrogen-bond donors (Lipinski definition) is 2. The van der Waals surface area contributed by atoms with Gasteiger partial charge in [-0.15, -0.1) is 0 Å². The summed E-state index contributed by atoms with van der Waals surface area (Å²) in [6.07, 6.45) is 3.53. The zero-order valence-corrected chi connectivity index (χ0v) is 7.91. The summed E-state index contributed by atoms with van der Waals surface area (Å²) < 4.78 is 0. The van der Waals surface area contributed by atoms with Crippen LogP contribution in [-0.4, -0.2) is 17.4 Å². The number of aryl methyl sites for hydroxylation is 1. The van der Waals surface area contributed by atoms with Crippen molar-refractivity contribution in [1.29, 1.82) is 0 Å². The van der Waals surface area contributed by atoms with Crippen LogP contribution in [0, 0.1) is 6.92 Å². The predicted octanol–water partition coefficient (Wildman–Crippen LogP) is 0.620. The first-order chi connectivity index (χ1) is 6.27. The van der Waals surface area contributed by atoms with E-state index in [1.165, 1.54) is 0 Å². The maximum absolute atomic E-state index is 5.33. The third-order valence-electron chi connectivity index (χ3n) is 1.60. The minimum absolute atomic E-state index is 0.679. The molecule has 70 valence electrons. The monoisotopic (exact) mass is 178 g/mol. The molecule has 0 atom stereocenters. The largest absolute Gasteiger partial charge is 0.308 e. The Morgan fingerprint density at radius 3 is 2.92 bits per heavy atom. The zero-order valence-electron chi connectivity index (χ0n) is 7.91. The molecule has 1 heterocycles. The van der Waals surface area contributed by atoms with E-state index in [1.807, 2.05) is 19.9 Å². The molecule has 0 aliphatic rings. The topological polar surface area (TPSA) is 63.3 Å². The predicted molar refractivity (Wildman–Crippen MR) is 53.4 cm³/mol. The molecule has 1 aromatic rings. The fraction of sp³-hybridized carbons (Fsp3) is 0.333. The highest BCUT2D eigenvalue weighted by molar-refractivity contribution is 5.98. The molecule has 13 heavy (non-hydrogen) atoms. The van der Waals surface area contributed by atoms with E-state index in [0.717, 1.165) is 11.1 Å². The van der Waals surface area contributed by atoms with Gasteiger partial charge in [0.25, 0.3) is 0 Å². The molecule has 0 bridgehead atoms. The highest BCUT2D eigenvalue weighted by Gasteiger charge is 2.00. The van der Waals surface area contributed by atoms with Crippen molar-refractivity contribution >= 4 is 5.84 Å². The molecule has 0 aromatic carbocycles. The van der Waals surface area contributed by atoms with E-state index in [0.29, 0.717) is 12.4 Å². The van der Waals surface area contributed by atoms with Crippen LogP contribution in [-0.2, 0) is 0 Å². The quantitative estimate of drug-likeness (QED) is 0.302. The number of hydrogen-bond acceptors (Lipinski definition) is 3. The van der Waals surface area contributed by atoms with Crippen molar-refractivity contribution in [2.45, 2.75) is 13.8 Å². The Morgan fingerprint density at radius 1 is 1.62 bits per heavy atom. The van der Waals surface area contributed by atoms with Crippen LogP contribution < -0.4 is 11.3 Å². The maximum atomic E-state index is 5.33. The van der Waals surface area contributed by atoms with Gasteiger partial charge >= 0.3 is 0 Å². The summed E-state index contributed by atoms with van der Waals surface area (Å²) in [4.78, 5) is 8.25.